The van der Waals surface area contributed by atoms with Gasteiger partial charge in [0.15, 0.2) is 15.9 Å². The Hall–Kier alpha value is -2.68. The molecule has 2 fully saturated rings. The van der Waals surface area contributed by atoms with Gasteiger partial charge >= 0.3 is 5.97 Å². The lowest BCUT2D eigenvalue weighted by Crippen LogP contribution is -2.43. The van der Waals surface area contributed by atoms with Crippen LogP contribution in [0.15, 0.2) is 41.6 Å². The van der Waals surface area contributed by atoms with Crippen molar-refractivity contribution in [2.24, 2.45) is 0 Å². The van der Waals surface area contributed by atoms with Crippen LogP contribution in [-0.2, 0) is 30.7 Å². The second-order valence-corrected chi connectivity index (χ2v) is 10.3. The molecule has 1 amide bonds. The van der Waals surface area contributed by atoms with Crippen molar-refractivity contribution in [2.75, 3.05) is 18.8 Å². The van der Waals surface area contributed by atoms with Crippen LogP contribution in [0.4, 0.5) is 0 Å². The topological polar surface area (TPSA) is 98.6 Å². The minimum atomic E-state index is -3.38. The summed E-state index contributed by atoms with van der Waals surface area (Å²) in [5.74, 6) is 0.600. The van der Waals surface area contributed by atoms with E-state index in [9.17, 15) is 18.0 Å². The van der Waals surface area contributed by atoms with E-state index in [0.29, 0.717) is 37.4 Å². The normalized spacial score (nSPS) is 20.1. The number of piperidine rings is 1. The van der Waals surface area contributed by atoms with Gasteiger partial charge < -0.3 is 14.2 Å². The molecular weight excluding hydrogens is 418 g/mol. The molecule has 1 unspecified atom stereocenters. The largest absolute Gasteiger partial charge is 0.452 e. The summed E-state index contributed by atoms with van der Waals surface area (Å²) in [6, 6.07) is 6.90. The maximum Gasteiger partial charge on any atom is 0.306 e. The molecule has 2 aromatic rings. The van der Waals surface area contributed by atoms with E-state index in [4.69, 9.17) is 4.74 Å². The Kier molecular flexibility index (Phi) is 6.13. The number of likely N-dealkylation sites (tertiary alicyclic amines) is 1. The summed E-state index contributed by atoms with van der Waals surface area (Å²) in [4.78, 5) is 30.4. The summed E-state index contributed by atoms with van der Waals surface area (Å²) in [6.07, 6.45) is 5.12. The van der Waals surface area contributed by atoms with Crippen molar-refractivity contribution in [1.29, 1.82) is 0 Å². The summed E-state index contributed by atoms with van der Waals surface area (Å²) < 4.78 is 32.4. The molecule has 0 radical (unpaired) electrons. The van der Waals surface area contributed by atoms with Crippen molar-refractivity contribution in [3.63, 3.8) is 0 Å². The Morgan fingerprint density at radius 3 is 2.52 bits per heavy atom. The third-order valence-corrected chi connectivity index (χ3v) is 7.77. The average molecular weight is 446 g/mol. The summed E-state index contributed by atoms with van der Waals surface area (Å²) in [7, 11) is -3.38. The molecule has 0 bridgehead atoms. The first-order valence-corrected chi connectivity index (χ1v) is 12.3. The SMILES string of the molecule is Cc1ccc(S(=O)(=O)CCn2ccnc2C2CCN(C(=O)C3CCC(=O)O3)CC2)cc1. The lowest BCUT2D eigenvalue weighted by molar-refractivity contribution is -0.153. The van der Waals surface area contributed by atoms with Crippen LogP contribution in [-0.4, -0.2) is 59.7 Å². The Morgan fingerprint density at radius 1 is 1.16 bits per heavy atom. The fourth-order valence-corrected chi connectivity index (χ4v) is 5.44. The van der Waals surface area contributed by atoms with Gasteiger partial charge in [0.05, 0.1) is 10.6 Å². The molecule has 4 rings (SSSR count). The van der Waals surface area contributed by atoms with Crippen molar-refractivity contribution in [2.45, 2.75) is 56.1 Å². The van der Waals surface area contributed by atoms with Crippen LogP contribution in [0.3, 0.4) is 0 Å². The predicted octanol–water partition coefficient (Wildman–Crippen LogP) is 2.08. The fourth-order valence-electron chi connectivity index (χ4n) is 4.21. The molecule has 166 valence electrons. The number of imidazole rings is 1. The number of benzene rings is 1. The molecule has 1 atom stereocenters. The lowest BCUT2D eigenvalue weighted by Gasteiger charge is -2.33. The van der Waals surface area contributed by atoms with E-state index in [0.717, 1.165) is 24.2 Å². The van der Waals surface area contributed by atoms with Gasteiger partial charge in [-0.1, -0.05) is 17.7 Å². The maximum absolute atomic E-state index is 12.7. The van der Waals surface area contributed by atoms with E-state index >= 15 is 0 Å². The molecule has 3 heterocycles. The number of esters is 1. The highest BCUT2D eigenvalue weighted by Gasteiger charge is 2.35. The maximum atomic E-state index is 12.7. The van der Waals surface area contributed by atoms with Crippen molar-refractivity contribution >= 4 is 21.7 Å². The van der Waals surface area contributed by atoms with Crippen molar-refractivity contribution in [3.05, 3.63) is 48.0 Å². The predicted molar refractivity (Wildman–Crippen MR) is 113 cm³/mol. The molecule has 2 saturated heterocycles. The van der Waals surface area contributed by atoms with Gasteiger partial charge in [-0.05, 0) is 31.9 Å². The quantitative estimate of drug-likeness (QED) is 0.632. The number of rotatable bonds is 6. The number of amides is 1. The molecule has 2 aliphatic heterocycles. The average Bonchev–Trinajstić information content (AvgIpc) is 3.41. The number of ether oxygens (including phenoxy) is 1. The van der Waals surface area contributed by atoms with E-state index in [1.54, 1.807) is 35.4 Å². The first-order valence-electron chi connectivity index (χ1n) is 10.6. The van der Waals surface area contributed by atoms with Crippen molar-refractivity contribution in [1.82, 2.24) is 14.5 Å². The standard InChI is InChI=1S/C22H27N3O5S/c1-16-2-4-18(5-3-16)31(28,29)15-14-24-13-10-23-21(24)17-8-11-25(12-9-17)22(27)19-6-7-20(26)30-19/h2-5,10,13,17,19H,6-9,11-12,14-15H2,1H3. The number of hydrogen-bond acceptors (Lipinski definition) is 6. The third-order valence-electron chi connectivity index (χ3n) is 6.06. The van der Waals surface area contributed by atoms with Crippen molar-refractivity contribution < 1.29 is 22.7 Å². The molecular formula is C22H27N3O5S. The van der Waals surface area contributed by atoms with Crippen LogP contribution in [0.2, 0.25) is 0 Å². The Morgan fingerprint density at radius 2 is 1.87 bits per heavy atom. The molecule has 2 aliphatic rings. The molecule has 31 heavy (non-hydrogen) atoms. The van der Waals surface area contributed by atoms with Gasteiger partial charge in [0.2, 0.25) is 0 Å². The number of carbonyl (C=O) groups excluding carboxylic acids is 2. The number of carbonyl (C=O) groups is 2. The molecule has 0 spiro atoms. The third kappa shape index (κ3) is 4.81. The van der Waals surface area contributed by atoms with Gasteiger partial charge in [0.1, 0.15) is 5.82 Å². The molecule has 1 aromatic carbocycles. The van der Waals surface area contributed by atoms with Crippen LogP contribution in [0.25, 0.3) is 0 Å². The summed E-state index contributed by atoms with van der Waals surface area (Å²) in [5.41, 5.74) is 1.02. The summed E-state index contributed by atoms with van der Waals surface area (Å²) in [5, 5.41) is 0. The van der Waals surface area contributed by atoms with Crippen LogP contribution in [0.1, 0.15) is 43.0 Å². The highest BCUT2D eigenvalue weighted by atomic mass is 32.2. The highest BCUT2D eigenvalue weighted by molar-refractivity contribution is 7.91. The smallest absolute Gasteiger partial charge is 0.306 e. The zero-order valence-corrected chi connectivity index (χ0v) is 18.4. The van der Waals surface area contributed by atoms with Gasteiger partial charge in [-0.15, -0.1) is 0 Å². The summed E-state index contributed by atoms with van der Waals surface area (Å²) >= 11 is 0. The second-order valence-electron chi connectivity index (χ2n) is 8.23. The first-order chi connectivity index (χ1) is 14.8. The Labute approximate surface area is 182 Å². The number of aryl methyl sites for hydroxylation is 2. The Bertz CT molecular complexity index is 1050. The number of aromatic nitrogens is 2. The van der Waals surface area contributed by atoms with E-state index in [1.165, 1.54) is 0 Å². The van der Waals surface area contributed by atoms with Gasteiger partial charge in [-0.25, -0.2) is 13.4 Å². The first kappa shape index (κ1) is 21.5. The number of hydrogen-bond donors (Lipinski definition) is 0. The van der Waals surface area contributed by atoms with E-state index in [-0.39, 0.29) is 23.5 Å². The van der Waals surface area contributed by atoms with Gasteiger partial charge in [-0.2, -0.15) is 0 Å². The molecule has 0 aliphatic carbocycles. The van der Waals surface area contributed by atoms with Gasteiger partial charge in [0.25, 0.3) is 5.91 Å². The molecule has 8 nitrogen and oxygen atoms in total. The molecule has 0 N–H and O–H groups in total. The van der Waals surface area contributed by atoms with E-state index in [2.05, 4.69) is 4.98 Å². The molecule has 1 aromatic heterocycles. The van der Waals surface area contributed by atoms with Crippen LogP contribution in [0.5, 0.6) is 0 Å². The van der Waals surface area contributed by atoms with Gasteiger partial charge in [-0.3, -0.25) is 9.59 Å². The number of nitrogens with zero attached hydrogens (tertiary/aromatic N) is 3. The molecule has 9 heteroatoms. The summed E-state index contributed by atoms with van der Waals surface area (Å²) in [6.45, 7) is 3.41. The molecule has 0 saturated carbocycles. The van der Waals surface area contributed by atoms with Crippen molar-refractivity contribution in [3.8, 4) is 0 Å². The number of sulfone groups is 1. The fraction of sp³-hybridized carbons (Fsp3) is 0.500. The van der Waals surface area contributed by atoms with Crippen LogP contribution < -0.4 is 0 Å². The van der Waals surface area contributed by atoms with E-state index in [1.807, 2.05) is 17.7 Å². The Balaban J connectivity index is 1.35. The zero-order chi connectivity index (χ0) is 22.0. The highest BCUT2D eigenvalue weighted by Crippen LogP contribution is 2.28. The lowest BCUT2D eigenvalue weighted by atomic mass is 9.95. The van der Waals surface area contributed by atoms with Gasteiger partial charge in [0, 0.05) is 50.8 Å². The monoisotopic (exact) mass is 445 g/mol. The minimum Gasteiger partial charge on any atom is -0.452 e. The van der Waals surface area contributed by atoms with E-state index < -0.39 is 15.9 Å². The zero-order valence-electron chi connectivity index (χ0n) is 17.6. The van der Waals surface area contributed by atoms with Crippen LogP contribution in [0, 0.1) is 6.92 Å². The second kappa shape index (κ2) is 8.82. The number of cyclic esters (lactones) is 1. The van der Waals surface area contributed by atoms with Crippen LogP contribution >= 0.6 is 0 Å². The minimum absolute atomic E-state index is 0.00377.